The van der Waals surface area contributed by atoms with Crippen molar-refractivity contribution in [3.63, 3.8) is 0 Å². The van der Waals surface area contributed by atoms with Crippen molar-refractivity contribution in [2.45, 2.75) is 13.3 Å². The molecule has 2 aromatic rings. The van der Waals surface area contributed by atoms with E-state index in [1.807, 2.05) is 37.3 Å². The fraction of sp³-hybridized carbons (Fsp3) is 0.250. The Kier molecular flexibility index (Phi) is 4.89. The molecule has 0 saturated heterocycles. The fourth-order valence-electron chi connectivity index (χ4n) is 2.81. The van der Waals surface area contributed by atoms with Gasteiger partial charge >= 0.3 is 0 Å². The van der Waals surface area contributed by atoms with Crippen LogP contribution >= 0.6 is 0 Å². The monoisotopic (exact) mass is 306 g/mol. The third kappa shape index (κ3) is 4.30. The highest BCUT2D eigenvalue weighted by Gasteiger charge is 2.15. The zero-order valence-corrected chi connectivity index (χ0v) is 13.5. The number of aryl methyl sites for hydroxylation is 1. The summed E-state index contributed by atoms with van der Waals surface area (Å²) in [5.41, 5.74) is 4.72. The predicted octanol–water partition coefficient (Wildman–Crippen LogP) is 3.72. The number of nitrogens with zero attached hydrogens (tertiary/aromatic N) is 1. The molecule has 0 saturated carbocycles. The molecule has 0 fully saturated rings. The average molecular weight is 306 g/mol. The first kappa shape index (κ1) is 15.5. The summed E-state index contributed by atoms with van der Waals surface area (Å²) < 4.78 is 0. The normalized spacial score (nSPS) is 15.1. The molecule has 0 atom stereocenters. The van der Waals surface area contributed by atoms with Gasteiger partial charge in [0.2, 0.25) is 5.91 Å². The van der Waals surface area contributed by atoms with Crippen LogP contribution in [0.25, 0.3) is 5.57 Å². The summed E-state index contributed by atoms with van der Waals surface area (Å²) in [5.74, 6) is 0.0467. The van der Waals surface area contributed by atoms with Crippen LogP contribution in [-0.2, 0) is 4.79 Å². The van der Waals surface area contributed by atoms with E-state index < -0.39 is 0 Å². The second-order valence-electron chi connectivity index (χ2n) is 5.99. The summed E-state index contributed by atoms with van der Waals surface area (Å²) in [7, 11) is 0. The van der Waals surface area contributed by atoms with Gasteiger partial charge < -0.3 is 5.32 Å². The summed E-state index contributed by atoms with van der Waals surface area (Å²) in [4.78, 5) is 14.3. The molecule has 0 unspecified atom stereocenters. The third-order valence-corrected chi connectivity index (χ3v) is 4.14. The van der Waals surface area contributed by atoms with Crippen molar-refractivity contribution < 1.29 is 4.79 Å². The van der Waals surface area contributed by atoms with Crippen LogP contribution in [0.15, 0.2) is 60.7 Å². The summed E-state index contributed by atoms with van der Waals surface area (Å²) in [6.45, 7) is 4.22. The van der Waals surface area contributed by atoms with Gasteiger partial charge in [0.25, 0.3) is 0 Å². The molecule has 1 aliphatic rings. The van der Waals surface area contributed by atoms with Gasteiger partial charge in [-0.3, -0.25) is 9.69 Å². The van der Waals surface area contributed by atoms with E-state index in [1.165, 1.54) is 16.7 Å². The van der Waals surface area contributed by atoms with Crippen molar-refractivity contribution in [1.29, 1.82) is 0 Å². The van der Waals surface area contributed by atoms with Crippen molar-refractivity contribution >= 4 is 17.2 Å². The quantitative estimate of drug-likeness (QED) is 0.933. The van der Waals surface area contributed by atoms with Crippen LogP contribution in [0.3, 0.4) is 0 Å². The van der Waals surface area contributed by atoms with E-state index in [1.54, 1.807) is 0 Å². The van der Waals surface area contributed by atoms with E-state index in [9.17, 15) is 4.79 Å². The maximum absolute atomic E-state index is 12.1. The Labute approximate surface area is 137 Å². The molecule has 3 rings (SSSR count). The number of hydrogen-bond donors (Lipinski definition) is 1. The Morgan fingerprint density at radius 3 is 2.48 bits per heavy atom. The number of amides is 1. The van der Waals surface area contributed by atoms with E-state index in [0.717, 1.165) is 25.2 Å². The van der Waals surface area contributed by atoms with Crippen LogP contribution in [-0.4, -0.2) is 30.4 Å². The van der Waals surface area contributed by atoms with E-state index in [-0.39, 0.29) is 5.91 Å². The molecule has 2 aromatic carbocycles. The predicted molar refractivity (Wildman–Crippen MR) is 95.3 cm³/mol. The Morgan fingerprint density at radius 2 is 1.83 bits per heavy atom. The maximum atomic E-state index is 12.1. The molecule has 1 aliphatic heterocycles. The highest BCUT2D eigenvalue weighted by molar-refractivity contribution is 5.92. The lowest BCUT2D eigenvalue weighted by atomic mass is 10.00. The van der Waals surface area contributed by atoms with Crippen molar-refractivity contribution in [1.82, 2.24) is 4.90 Å². The van der Waals surface area contributed by atoms with Gasteiger partial charge in [0, 0.05) is 18.8 Å². The van der Waals surface area contributed by atoms with Crippen LogP contribution in [0.5, 0.6) is 0 Å². The fourth-order valence-corrected chi connectivity index (χ4v) is 2.81. The number of nitrogens with one attached hydrogen (secondary N) is 1. The minimum Gasteiger partial charge on any atom is -0.325 e. The molecule has 3 nitrogen and oxygen atoms in total. The topological polar surface area (TPSA) is 32.3 Å². The SMILES string of the molecule is Cc1ccc(NC(=O)CN2CC=C(c3ccccc3)CC2)cc1. The van der Waals surface area contributed by atoms with Gasteiger partial charge in [0.05, 0.1) is 6.54 Å². The lowest BCUT2D eigenvalue weighted by Gasteiger charge is -2.25. The zero-order valence-electron chi connectivity index (χ0n) is 13.5. The smallest absolute Gasteiger partial charge is 0.238 e. The maximum Gasteiger partial charge on any atom is 0.238 e. The third-order valence-electron chi connectivity index (χ3n) is 4.14. The standard InChI is InChI=1S/C20H22N2O/c1-16-7-9-19(10-8-16)21-20(23)15-22-13-11-18(12-14-22)17-5-3-2-4-6-17/h2-11H,12-15H2,1H3,(H,21,23). The lowest BCUT2D eigenvalue weighted by Crippen LogP contribution is -2.36. The van der Waals surface area contributed by atoms with Gasteiger partial charge in [0.15, 0.2) is 0 Å². The van der Waals surface area contributed by atoms with Crippen LogP contribution in [0.2, 0.25) is 0 Å². The molecule has 23 heavy (non-hydrogen) atoms. The molecule has 0 bridgehead atoms. The Balaban J connectivity index is 1.53. The van der Waals surface area contributed by atoms with Gasteiger partial charge in [-0.15, -0.1) is 0 Å². The Morgan fingerprint density at radius 1 is 1.09 bits per heavy atom. The van der Waals surface area contributed by atoms with Crippen LogP contribution in [0.1, 0.15) is 17.5 Å². The molecule has 3 heteroatoms. The molecule has 1 heterocycles. The molecule has 1 N–H and O–H groups in total. The molecule has 0 spiro atoms. The number of anilines is 1. The summed E-state index contributed by atoms with van der Waals surface area (Å²) in [5, 5.41) is 2.96. The van der Waals surface area contributed by atoms with Gasteiger partial charge in [-0.1, -0.05) is 54.1 Å². The first-order chi connectivity index (χ1) is 11.2. The summed E-state index contributed by atoms with van der Waals surface area (Å²) in [6.07, 6.45) is 3.22. The number of benzene rings is 2. The minimum atomic E-state index is 0.0467. The van der Waals surface area contributed by atoms with E-state index in [2.05, 4.69) is 40.6 Å². The van der Waals surface area contributed by atoms with Gasteiger partial charge in [0.1, 0.15) is 0 Å². The van der Waals surface area contributed by atoms with Gasteiger partial charge in [-0.2, -0.15) is 0 Å². The first-order valence-electron chi connectivity index (χ1n) is 8.04. The Bertz CT molecular complexity index is 689. The number of rotatable bonds is 4. The van der Waals surface area contributed by atoms with Gasteiger partial charge in [-0.25, -0.2) is 0 Å². The molecule has 0 aromatic heterocycles. The largest absolute Gasteiger partial charge is 0.325 e. The minimum absolute atomic E-state index is 0.0467. The van der Waals surface area contributed by atoms with E-state index in [4.69, 9.17) is 0 Å². The number of hydrogen-bond acceptors (Lipinski definition) is 2. The highest BCUT2D eigenvalue weighted by Crippen LogP contribution is 2.21. The molecule has 0 radical (unpaired) electrons. The lowest BCUT2D eigenvalue weighted by molar-refractivity contribution is -0.117. The van der Waals surface area contributed by atoms with Crippen LogP contribution in [0.4, 0.5) is 5.69 Å². The second kappa shape index (κ2) is 7.25. The molecule has 0 aliphatic carbocycles. The number of carbonyl (C=O) groups is 1. The molecular weight excluding hydrogens is 284 g/mol. The van der Waals surface area contributed by atoms with Crippen molar-refractivity contribution in [3.05, 3.63) is 71.8 Å². The van der Waals surface area contributed by atoms with E-state index in [0.29, 0.717) is 6.54 Å². The van der Waals surface area contributed by atoms with E-state index >= 15 is 0 Å². The van der Waals surface area contributed by atoms with Crippen LogP contribution < -0.4 is 5.32 Å². The van der Waals surface area contributed by atoms with Crippen molar-refractivity contribution in [2.24, 2.45) is 0 Å². The van der Waals surface area contributed by atoms with Crippen molar-refractivity contribution in [2.75, 3.05) is 25.0 Å². The van der Waals surface area contributed by atoms with Crippen molar-refractivity contribution in [3.8, 4) is 0 Å². The summed E-state index contributed by atoms with van der Waals surface area (Å²) in [6, 6.07) is 18.4. The first-order valence-corrected chi connectivity index (χ1v) is 8.04. The summed E-state index contributed by atoms with van der Waals surface area (Å²) >= 11 is 0. The number of carbonyl (C=O) groups excluding carboxylic acids is 1. The van der Waals surface area contributed by atoms with Crippen LogP contribution in [0, 0.1) is 6.92 Å². The Hall–Kier alpha value is -2.39. The average Bonchev–Trinajstić information content (AvgIpc) is 2.58. The molecular formula is C20H22N2O. The highest BCUT2D eigenvalue weighted by atomic mass is 16.2. The molecule has 118 valence electrons. The zero-order chi connectivity index (χ0) is 16.1. The second-order valence-corrected chi connectivity index (χ2v) is 5.99. The molecule has 1 amide bonds. The van der Waals surface area contributed by atoms with Gasteiger partial charge in [-0.05, 0) is 36.6 Å².